The van der Waals surface area contributed by atoms with Crippen LogP contribution in [0.25, 0.3) is 33.4 Å². The van der Waals surface area contributed by atoms with Crippen LogP contribution in [-0.2, 0) is 0 Å². The Balaban J connectivity index is 2.18. The van der Waals surface area contributed by atoms with Gasteiger partial charge >= 0.3 is 0 Å². The fourth-order valence-electron chi connectivity index (χ4n) is 3.93. The summed E-state index contributed by atoms with van der Waals surface area (Å²) in [4.78, 5) is 4.62. The Morgan fingerprint density at radius 3 is 2.48 bits per heavy atom. The van der Waals surface area contributed by atoms with Crippen LogP contribution in [0.4, 0.5) is 11.4 Å². The minimum absolute atomic E-state index is 0.738. The van der Waals surface area contributed by atoms with E-state index in [1.165, 1.54) is 5.56 Å². The molecule has 0 saturated carbocycles. The Hall–Kier alpha value is -3.27. The summed E-state index contributed by atoms with van der Waals surface area (Å²) in [6, 6.07) is 16.5. The highest BCUT2D eigenvalue weighted by atomic mass is 16.3. The quantitative estimate of drug-likeness (QED) is 0.347. The molecular formula is C25H27N3O. The normalized spacial score (nSPS) is 12.1. The zero-order valence-corrected chi connectivity index (χ0v) is 17.5. The third kappa shape index (κ3) is 3.35. The number of rotatable bonds is 4. The van der Waals surface area contributed by atoms with E-state index in [0.717, 1.165) is 68.8 Å². The molecule has 0 atom stereocenters. The molecule has 2 aromatic carbocycles. The molecule has 0 fully saturated rings. The minimum atomic E-state index is 0.738. The van der Waals surface area contributed by atoms with E-state index in [9.17, 15) is 0 Å². The van der Waals surface area contributed by atoms with Crippen LogP contribution in [-0.4, -0.2) is 13.1 Å². The van der Waals surface area contributed by atoms with Gasteiger partial charge in [-0.3, -0.25) is 4.99 Å². The lowest BCUT2D eigenvalue weighted by atomic mass is 9.91. The van der Waals surface area contributed by atoms with Gasteiger partial charge in [0.1, 0.15) is 11.3 Å². The SMILES string of the molecule is CCN=c1cc2oc3cc(NCC)c(C)cc3c(-c3ccccc3N)c-2cc1C. The first-order chi connectivity index (χ1) is 14.0. The third-order valence-corrected chi connectivity index (χ3v) is 5.31. The molecule has 1 heterocycles. The highest BCUT2D eigenvalue weighted by Crippen LogP contribution is 2.43. The second-order valence-electron chi connectivity index (χ2n) is 7.37. The van der Waals surface area contributed by atoms with E-state index >= 15 is 0 Å². The zero-order valence-electron chi connectivity index (χ0n) is 17.5. The molecule has 0 aromatic heterocycles. The van der Waals surface area contributed by atoms with E-state index in [2.05, 4.69) is 55.3 Å². The maximum atomic E-state index is 6.40. The van der Waals surface area contributed by atoms with Crippen LogP contribution < -0.4 is 16.4 Å². The Morgan fingerprint density at radius 1 is 0.966 bits per heavy atom. The van der Waals surface area contributed by atoms with E-state index in [1.54, 1.807) is 0 Å². The Kier molecular flexibility index (Phi) is 5.01. The smallest absolute Gasteiger partial charge is 0.137 e. The van der Waals surface area contributed by atoms with E-state index in [-0.39, 0.29) is 0 Å². The van der Waals surface area contributed by atoms with Crippen LogP contribution in [0.5, 0.6) is 0 Å². The van der Waals surface area contributed by atoms with Crippen molar-refractivity contribution in [1.29, 1.82) is 0 Å². The average molecular weight is 386 g/mol. The first-order valence-electron chi connectivity index (χ1n) is 10.1. The number of nitrogens with one attached hydrogen (secondary N) is 1. The minimum Gasteiger partial charge on any atom is -0.456 e. The number of para-hydroxylation sites is 1. The largest absolute Gasteiger partial charge is 0.456 e. The van der Waals surface area contributed by atoms with E-state index < -0.39 is 0 Å². The van der Waals surface area contributed by atoms with Crippen molar-refractivity contribution in [2.75, 3.05) is 24.1 Å². The molecule has 0 amide bonds. The van der Waals surface area contributed by atoms with Gasteiger partial charge in [0, 0.05) is 58.7 Å². The molecule has 4 heteroatoms. The number of nitrogen functional groups attached to an aromatic ring is 1. The molecule has 148 valence electrons. The summed E-state index contributed by atoms with van der Waals surface area (Å²) >= 11 is 0. The van der Waals surface area contributed by atoms with Gasteiger partial charge in [0.15, 0.2) is 0 Å². The van der Waals surface area contributed by atoms with Gasteiger partial charge in [0.05, 0.1) is 5.36 Å². The maximum absolute atomic E-state index is 6.40. The summed E-state index contributed by atoms with van der Waals surface area (Å²) in [6.45, 7) is 9.95. The fourth-order valence-corrected chi connectivity index (χ4v) is 3.93. The summed E-state index contributed by atoms with van der Waals surface area (Å²) in [7, 11) is 0. The van der Waals surface area contributed by atoms with Crippen molar-refractivity contribution in [2.24, 2.45) is 4.99 Å². The summed E-state index contributed by atoms with van der Waals surface area (Å²) in [5.74, 6) is 0.819. The van der Waals surface area contributed by atoms with Crippen LogP contribution in [0.2, 0.25) is 0 Å². The van der Waals surface area contributed by atoms with Gasteiger partial charge in [-0.25, -0.2) is 0 Å². The Morgan fingerprint density at radius 2 is 1.76 bits per heavy atom. The first kappa shape index (κ1) is 19.1. The second-order valence-corrected chi connectivity index (χ2v) is 7.37. The van der Waals surface area contributed by atoms with Crippen molar-refractivity contribution >= 4 is 22.3 Å². The van der Waals surface area contributed by atoms with Gasteiger partial charge < -0.3 is 15.5 Å². The van der Waals surface area contributed by atoms with Gasteiger partial charge in [-0.1, -0.05) is 18.2 Å². The lowest BCUT2D eigenvalue weighted by Gasteiger charge is -2.19. The molecule has 0 spiro atoms. The molecule has 2 aliphatic rings. The molecule has 4 nitrogen and oxygen atoms in total. The Labute approximate surface area is 171 Å². The lowest BCUT2D eigenvalue weighted by molar-refractivity contribution is 0.618. The number of hydrogen-bond donors (Lipinski definition) is 2. The lowest BCUT2D eigenvalue weighted by Crippen LogP contribution is -2.09. The maximum Gasteiger partial charge on any atom is 0.137 e. The predicted octanol–water partition coefficient (Wildman–Crippen LogP) is 5.76. The topological polar surface area (TPSA) is 63.5 Å². The number of fused-ring (bicyclic) bond motifs is 2. The van der Waals surface area contributed by atoms with Crippen LogP contribution in [0.3, 0.4) is 0 Å². The van der Waals surface area contributed by atoms with Crippen molar-refractivity contribution in [2.45, 2.75) is 27.7 Å². The number of nitrogens with two attached hydrogens (primary N) is 1. The highest BCUT2D eigenvalue weighted by molar-refractivity contribution is 6.05. The van der Waals surface area contributed by atoms with E-state index in [1.807, 2.05) is 31.2 Å². The van der Waals surface area contributed by atoms with Gasteiger partial charge in [0.2, 0.25) is 0 Å². The molecule has 1 aliphatic carbocycles. The highest BCUT2D eigenvalue weighted by Gasteiger charge is 2.20. The van der Waals surface area contributed by atoms with Crippen molar-refractivity contribution < 1.29 is 4.42 Å². The molecule has 0 radical (unpaired) electrons. The van der Waals surface area contributed by atoms with Gasteiger partial charge in [-0.2, -0.15) is 0 Å². The van der Waals surface area contributed by atoms with Gasteiger partial charge in [-0.15, -0.1) is 0 Å². The molecule has 29 heavy (non-hydrogen) atoms. The van der Waals surface area contributed by atoms with E-state index in [0.29, 0.717) is 0 Å². The van der Waals surface area contributed by atoms with Crippen LogP contribution in [0.1, 0.15) is 25.0 Å². The summed E-state index contributed by atoms with van der Waals surface area (Å²) in [5.41, 5.74) is 14.6. The average Bonchev–Trinajstić information content (AvgIpc) is 2.69. The molecule has 0 saturated heterocycles. The molecule has 1 aliphatic heterocycles. The summed E-state index contributed by atoms with van der Waals surface area (Å²) < 4.78 is 6.39. The predicted molar refractivity (Wildman–Crippen MR) is 122 cm³/mol. The standard InChI is InChI=1S/C25H27N3O/c1-5-27-21-13-23-18(11-15(21)3)25(17-9-7-8-10-20(17)26)19-12-16(4)22(28-6-2)14-24(19)29-23/h7-14,27H,5-6,26H2,1-4H3. The Bertz CT molecular complexity index is 1240. The van der Waals surface area contributed by atoms with Crippen LogP contribution >= 0.6 is 0 Å². The molecule has 2 aromatic rings. The molecule has 0 unspecified atom stereocenters. The summed E-state index contributed by atoms with van der Waals surface area (Å²) in [5, 5.41) is 5.45. The van der Waals surface area contributed by atoms with Crippen molar-refractivity contribution in [3.05, 3.63) is 65.0 Å². The zero-order chi connectivity index (χ0) is 20.5. The number of benzene rings is 3. The van der Waals surface area contributed by atoms with Gasteiger partial charge in [0.25, 0.3) is 0 Å². The summed E-state index contributed by atoms with van der Waals surface area (Å²) in [6.07, 6.45) is 0. The van der Waals surface area contributed by atoms with E-state index in [4.69, 9.17) is 10.2 Å². The number of anilines is 2. The molecular weight excluding hydrogens is 358 g/mol. The first-order valence-corrected chi connectivity index (χ1v) is 10.1. The van der Waals surface area contributed by atoms with Crippen molar-refractivity contribution in [3.8, 4) is 22.5 Å². The molecule has 3 N–H and O–H groups in total. The van der Waals surface area contributed by atoms with Crippen molar-refractivity contribution in [1.82, 2.24) is 0 Å². The monoisotopic (exact) mass is 385 g/mol. The third-order valence-electron chi connectivity index (χ3n) is 5.31. The fraction of sp³-hybridized carbons (Fsp3) is 0.240. The second kappa shape index (κ2) is 7.63. The molecule has 4 rings (SSSR count). The van der Waals surface area contributed by atoms with Crippen LogP contribution in [0, 0.1) is 13.8 Å². The molecule has 0 bridgehead atoms. The van der Waals surface area contributed by atoms with Gasteiger partial charge in [-0.05, 0) is 57.0 Å². The van der Waals surface area contributed by atoms with Crippen LogP contribution in [0.15, 0.2) is 57.9 Å². The number of hydrogen-bond acceptors (Lipinski definition) is 4. The van der Waals surface area contributed by atoms with Crippen molar-refractivity contribution in [3.63, 3.8) is 0 Å². The number of aryl methyl sites for hydroxylation is 2. The number of nitrogens with zero attached hydrogens (tertiary/aromatic N) is 1.